The minimum absolute atomic E-state index is 0. The summed E-state index contributed by atoms with van der Waals surface area (Å²) >= 11 is 0.00138. The molecule has 2 aliphatic heterocycles. The van der Waals surface area contributed by atoms with E-state index in [0.29, 0.717) is 18.3 Å². The summed E-state index contributed by atoms with van der Waals surface area (Å²) in [5.74, 6) is -0.461. The predicted octanol–water partition coefficient (Wildman–Crippen LogP) is 8.14. The van der Waals surface area contributed by atoms with Crippen molar-refractivity contribution < 1.29 is 107 Å². The Balaban J connectivity index is 0.0000274. The number of allylic oxidation sites excluding steroid dienone is 1. The number of carbonyl (C=O) groups excluding carboxylic acids is 2. The van der Waals surface area contributed by atoms with Crippen molar-refractivity contribution >= 4 is 24.3 Å². The van der Waals surface area contributed by atoms with Crippen LogP contribution in [-0.2, 0) is 46.8 Å². The molecule has 16 nitrogen and oxygen atoms in total. The van der Waals surface area contributed by atoms with Crippen molar-refractivity contribution in [2.45, 2.75) is 309 Å². The smallest absolute Gasteiger partial charge is 0.691 e. The zero-order valence-corrected chi connectivity index (χ0v) is 49.9. The Kier molecular flexibility index (Phi) is 46.9. The van der Waals surface area contributed by atoms with Gasteiger partial charge >= 0.3 is 41.5 Å². The Labute approximate surface area is 480 Å². The molecule has 0 spiro atoms. The molecule has 0 amide bonds. The quantitative estimate of drug-likeness (QED) is 0.00736. The van der Waals surface area contributed by atoms with Gasteiger partial charge in [-0.05, 0) is 43.9 Å². The van der Waals surface area contributed by atoms with Crippen LogP contribution in [-0.4, -0.2) is 112 Å². The molecule has 0 aromatic rings. The number of ether oxygens (including phenoxy) is 5. The van der Waals surface area contributed by atoms with Gasteiger partial charge in [0.1, 0.15) is 30.5 Å². The minimum Gasteiger partial charge on any atom is -0.691 e. The first-order chi connectivity index (χ1) is 35.3. The molecule has 2 fully saturated rings. The first-order valence-corrected chi connectivity index (χ1v) is 29.6. The summed E-state index contributed by atoms with van der Waals surface area (Å²) in [5.41, 5.74) is 0.272. The maximum atomic E-state index is 13.9. The van der Waals surface area contributed by atoms with Crippen LogP contribution in [0.25, 0.3) is 0 Å². The first-order valence-electron chi connectivity index (χ1n) is 28.9. The Morgan fingerprint density at radius 2 is 1.03 bits per heavy atom. The summed E-state index contributed by atoms with van der Waals surface area (Å²) < 4.78 is 39.1. The van der Waals surface area contributed by atoms with E-state index in [-0.39, 0.29) is 67.2 Å². The summed E-state index contributed by atoms with van der Waals surface area (Å²) in [5, 5.41) is 67.1. The van der Waals surface area contributed by atoms with Gasteiger partial charge in [0.2, 0.25) is 6.29 Å². The molecular formula is C57H107NaO16S. The van der Waals surface area contributed by atoms with E-state index in [4.69, 9.17) is 27.9 Å². The van der Waals surface area contributed by atoms with Gasteiger partial charge in [0.15, 0.2) is 36.9 Å². The number of aliphatic hydroxyl groups excluding tert-OH is 5. The second-order valence-electron chi connectivity index (χ2n) is 21.5. The molecule has 0 aromatic heterocycles. The number of hydrogen-bond donors (Lipinski definition) is 5. The van der Waals surface area contributed by atoms with Gasteiger partial charge in [-0.2, -0.15) is 0 Å². The van der Waals surface area contributed by atoms with Crippen LogP contribution < -0.4 is 34.8 Å². The molecule has 75 heavy (non-hydrogen) atoms. The molecule has 10 unspecified atom stereocenters. The molecule has 2 saturated heterocycles. The molecular weight excluding hydrogens is 996 g/mol. The van der Waals surface area contributed by atoms with Gasteiger partial charge in [-0.25, -0.2) is 4.79 Å². The first kappa shape index (κ1) is 74.5. The third-order valence-corrected chi connectivity index (χ3v) is 15.0. The van der Waals surface area contributed by atoms with Crippen LogP contribution >= 0.6 is 12.3 Å². The Morgan fingerprint density at radius 3 is 1.49 bits per heavy atom. The van der Waals surface area contributed by atoms with Crippen LogP contribution in [0.1, 0.15) is 248 Å². The maximum Gasteiger partial charge on any atom is 1.00 e. The van der Waals surface area contributed by atoms with Crippen LogP contribution in [0.3, 0.4) is 0 Å². The number of esters is 2. The summed E-state index contributed by atoms with van der Waals surface area (Å²) in [6.45, 7) is 11.2. The summed E-state index contributed by atoms with van der Waals surface area (Å²) in [6.07, 6.45) is 22.0. The second kappa shape index (κ2) is 47.2. The number of hydrogen-bond acceptors (Lipinski definition) is 17. The molecule has 2 heterocycles. The third kappa shape index (κ3) is 32.6. The van der Waals surface area contributed by atoms with E-state index in [2.05, 4.69) is 37.1 Å². The van der Waals surface area contributed by atoms with E-state index in [1.54, 1.807) is 6.92 Å². The van der Waals surface area contributed by atoms with Crippen molar-refractivity contribution in [1.29, 1.82) is 0 Å². The topological polar surface area (TPSA) is 232 Å². The summed E-state index contributed by atoms with van der Waals surface area (Å²) in [6, 6.07) is 0. The Hall–Kier alpha value is -0.450. The van der Waals surface area contributed by atoms with Crippen molar-refractivity contribution in [3.05, 3.63) is 11.6 Å². The van der Waals surface area contributed by atoms with Gasteiger partial charge in [-0.15, -0.1) is 4.33 Å². The minimum atomic E-state index is -1.79. The van der Waals surface area contributed by atoms with Crippen molar-refractivity contribution in [3.8, 4) is 0 Å². The van der Waals surface area contributed by atoms with E-state index in [1.165, 1.54) is 148 Å². The average molecular weight is 1100 g/mol. The fourth-order valence-corrected chi connectivity index (χ4v) is 10.7. The normalized spacial score (nSPS) is 25.2. The average Bonchev–Trinajstić information content (AvgIpc) is 3.36. The molecule has 0 aliphatic carbocycles. The number of carbonyl (C=O) groups is 2. The van der Waals surface area contributed by atoms with Crippen molar-refractivity contribution in [2.24, 2.45) is 17.8 Å². The van der Waals surface area contributed by atoms with E-state index in [9.17, 15) is 40.4 Å². The van der Waals surface area contributed by atoms with Gasteiger partial charge < -0.3 is 54.5 Å². The van der Waals surface area contributed by atoms with Crippen molar-refractivity contribution in [1.82, 2.24) is 0 Å². The van der Waals surface area contributed by atoms with Crippen LogP contribution in [0.5, 0.6) is 0 Å². The molecule has 18 heteroatoms. The number of rotatable bonds is 45. The molecule has 0 aromatic carbocycles. The van der Waals surface area contributed by atoms with E-state index >= 15 is 0 Å². The molecule has 2 rings (SSSR count). The standard InChI is InChI=1S/C56H104O16S.CH4.Na/c1-7-9-11-13-15-17-19-21-23-24-26-28-30-32-34-41(3)36-42(4)37-43(5)38-44(6)54(63)68-51-49(61)46(40-58)66-56(69-55-52(70-73-72-71-64)50(62)48(60)45(39-57)65-55)53(51)67-47(59)35-33-31-29-27-25-22-20-18-16-14-12-10-8-2;;/h38,41-43,45-46,48-53,55-58,60-62,64H,7-37,39-40H2,1-6H3;1H4;/q;;+1/p-1/b44-38+;;/t41-,42-,43-,45?,46?,48?,49?,50?,51?,52?,53?,55?,56?;;/m0../s1. The number of aliphatic hydroxyl groups is 5. The van der Waals surface area contributed by atoms with E-state index in [1.807, 2.05) is 13.0 Å². The fraction of sp³-hybridized carbons (Fsp3) is 0.930. The SMILES string of the molecule is C.CCCCCCCCCCCCCCCC[C@H](C)C[C@H](C)C[C@H](C)/C=C(\C)C(=O)OC1C(O)C(CO)OC(OC2OC(CO)C(O)C(O)C2OSOO[O-])C1OC(=O)CCCCCCCCCCCCCCC.[Na+]. The maximum absolute atomic E-state index is 13.9. The van der Waals surface area contributed by atoms with Crippen LogP contribution in [0.2, 0.25) is 0 Å². The molecule has 5 N–H and O–H groups in total. The Bertz CT molecular complexity index is 1400. The van der Waals surface area contributed by atoms with Crippen molar-refractivity contribution in [2.75, 3.05) is 13.2 Å². The molecule has 438 valence electrons. The third-order valence-electron chi connectivity index (χ3n) is 14.6. The largest absolute Gasteiger partial charge is 1.00 e. The fourth-order valence-electron chi connectivity index (χ4n) is 10.4. The van der Waals surface area contributed by atoms with Gasteiger partial charge in [-0.1, -0.05) is 221 Å². The monoisotopic (exact) mass is 1100 g/mol. The zero-order valence-electron chi connectivity index (χ0n) is 47.1. The summed E-state index contributed by atoms with van der Waals surface area (Å²) in [4.78, 5) is 27.5. The second-order valence-corrected chi connectivity index (χ2v) is 22.0. The van der Waals surface area contributed by atoms with Gasteiger partial charge in [0.05, 0.1) is 13.2 Å². The van der Waals surface area contributed by atoms with Gasteiger partial charge in [0, 0.05) is 12.0 Å². The molecule has 13 atom stereocenters. The van der Waals surface area contributed by atoms with Gasteiger partial charge in [-0.3, -0.25) is 14.0 Å². The van der Waals surface area contributed by atoms with Crippen LogP contribution in [0.15, 0.2) is 11.6 Å². The Morgan fingerprint density at radius 1 is 0.587 bits per heavy atom. The van der Waals surface area contributed by atoms with Gasteiger partial charge in [0.25, 0.3) is 0 Å². The van der Waals surface area contributed by atoms with E-state index < -0.39 is 86.6 Å². The molecule has 0 radical (unpaired) electrons. The number of unbranched alkanes of at least 4 members (excludes halogenated alkanes) is 25. The van der Waals surface area contributed by atoms with Crippen molar-refractivity contribution in [3.63, 3.8) is 0 Å². The van der Waals surface area contributed by atoms with Crippen LogP contribution in [0.4, 0.5) is 0 Å². The molecule has 0 saturated carbocycles. The predicted molar refractivity (Wildman–Crippen MR) is 287 cm³/mol. The zero-order chi connectivity index (χ0) is 53.6. The molecule has 0 bridgehead atoms. The summed E-state index contributed by atoms with van der Waals surface area (Å²) in [7, 11) is 0. The van der Waals surface area contributed by atoms with Crippen LogP contribution in [0, 0.1) is 17.8 Å². The van der Waals surface area contributed by atoms with E-state index in [0.717, 1.165) is 38.5 Å². The molecule has 2 aliphatic rings.